The van der Waals surface area contributed by atoms with Crippen molar-refractivity contribution in [1.82, 2.24) is 0 Å². The Hall–Kier alpha value is -3.32. The first-order valence-electron chi connectivity index (χ1n) is 11.4. The van der Waals surface area contributed by atoms with Gasteiger partial charge in [-0.05, 0) is 61.7 Å². The number of rotatable bonds is 6. The Morgan fingerprint density at radius 3 is 1.35 bits per heavy atom. The second kappa shape index (κ2) is 10.3. The molecule has 0 heterocycles. The lowest BCUT2D eigenvalue weighted by Gasteiger charge is -2.22. The van der Waals surface area contributed by atoms with Crippen molar-refractivity contribution in [3.05, 3.63) is 132 Å². The van der Waals surface area contributed by atoms with E-state index in [-0.39, 0.29) is 0 Å². The van der Waals surface area contributed by atoms with E-state index in [1.165, 1.54) is 11.1 Å². The van der Waals surface area contributed by atoms with E-state index in [9.17, 15) is 0 Å². The van der Waals surface area contributed by atoms with Crippen molar-refractivity contribution in [2.24, 2.45) is 0 Å². The van der Waals surface area contributed by atoms with E-state index in [0.717, 1.165) is 44.5 Å². The molecule has 0 aliphatic heterocycles. The molecule has 0 bridgehead atoms. The zero-order valence-electron chi connectivity index (χ0n) is 18.7. The molecule has 0 fully saturated rings. The van der Waals surface area contributed by atoms with Crippen molar-refractivity contribution in [2.75, 3.05) is 0 Å². The third-order valence-corrected chi connectivity index (χ3v) is 6.78. The predicted molar refractivity (Wildman–Crippen MR) is 147 cm³/mol. The van der Waals surface area contributed by atoms with E-state index >= 15 is 0 Å². The summed E-state index contributed by atoms with van der Waals surface area (Å²) in [5.41, 5.74) is 11.5. The van der Waals surface area contributed by atoms with Gasteiger partial charge in [-0.1, -0.05) is 115 Å². The van der Waals surface area contributed by atoms with Gasteiger partial charge < -0.3 is 0 Å². The van der Waals surface area contributed by atoms with Crippen LogP contribution in [0.4, 0.5) is 0 Å². The second-order valence-electron chi connectivity index (χ2n) is 8.25. The Bertz CT molecular complexity index is 1370. The zero-order chi connectivity index (χ0) is 23.3. The SMILES string of the molecule is ClCc1cc(-c2ccc(-c3ccccc3)cc2)c(CCl)c(-c2ccccc2)c1-c1ccccc1. The van der Waals surface area contributed by atoms with E-state index < -0.39 is 0 Å². The zero-order valence-corrected chi connectivity index (χ0v) is 20.2. The third-order valence-electron chi connectivity index (χ3n) is 6.22. The molecule has 34 heavy (non-hydrogen) atoms. The standard InChI is InChI=1S/C32H24Cl2/c33-21-28-20-29(25-18-16-24(17-19-25)23-10-4-1-5-11-23)30(22-34)32(27-14-8-3-9-15-27)31(28)26-12-6-2-7-13-26/h1-20H,21-22H2. The number of benzene rings is 5. The van der Waals surface area contributed by atoms with Crippen LogP contribution in [0, 0.1) is 0 Å². The van der Waals surface area contributed by atoms with Crippen LogP contribution in [0.5, 0.6) is 0 Å². The smallest absolute Gasteiger partial charge is 0.0486 e. The second-order valence-corrected chi connectivity index (χ2v) is 8.79. The molecular weight excluding hydrogens is 455 g/mol. The van der Waals surface area contributed by atoms with Gasteiger partial charge in [0.15, 0.2) is 0 Å². The first kappa shape index (κ1) is 22.5. The Balaban J connectivity index is 1.75. The van der Waals surface area contributed by atoms with Gasteiger partial charge in [0.25, 0.3) is 0 Å². The summed E-state index contributed by atoms with van der Waals surface area (Å²) in [5, 5.41) is 0. The van der Waals surface area contributed by atoms with Crippen molar-refractivity contribution in [3.63, 3.8) is 0 Å². The molecule has 5 rings (SSSR count). The lowest BCUT2D eigenvalue weighted by molar-refractivity contribution is 1.33. The van der Waals surface area contributed by atoms with Gasteiger partial charge in [0.05, 0.1) is 0 Å². The van der Waals surface area contributed by atoms with Crippen molar-refractivity contribution < 1.29 is 0 Å². The van der Waals surface area contributed by atoms with Crippen LogP contribution >= 0.6 is 23.2 Å². The molecule has 166 valence electrons. The van der Waals surface area contributed by atoms with Crippen molar-refractivity contribution in [2.45, 2.75) is 11.8 Å². The minimum absolute atomic E-state index is 0.405. The monoisotopic (exact) mass is 478 g/mol. The third kappa shape index (κ3) is 4.40. The van der Waals surface area contributed by atoms with Crippen LogP contribution in [-0.4, -0.2) is 0 Å². The first-order valence-corrected chi connectivity index (χ1v) is 12.4. The van der Waals surface area contributed by atoms with Crippen LogP contribution in [0.1, 0.15) is 11.1 Å². The molecule has 0 spiro atoms. The summed E-state index contributed by atoms with van der Waals surface area (Å²) < 4.78 is 0. The maximum atomic E-state index is 6.69. The highest BCUT2D eigenvalue weighted by Crippen LogP contribution is 2.44. The average molecular weight is 479 g/mol. The molecule has 0 saturated carbocycles. The molecule has 0 atom stereocenters. The molecule has 0 aromatic heterocycles. The maximum absolute atomic E-state index is 6.69. The summed E-state index contributed by atoms with van der Waals surface area (Å²) in [5.74, 6) is 0.824. The van der Waals surface area contributed by atoms with Crippen LogP contribution in [0.25, 0.3) is 44.5 Å². The summed E-state index contributed by atoms with van der Waals surface area (Å²) >= 11 is 13.3. The number of hydrogen-bond donors (Lipinski definition) is 0. The van der Waals surface area contributed by atoms with Gasteiger partial charge >= 0.3 is 0 Å². The molecule has 0 unspecified atom stereocenters. The molecule has 2 heteroatoms. The van der Waals surface area contributed by atoms with Gasteiger partial charge in [-0.15, -0.1) is 23.2 Å². The van der Waals surface area contributed by atoms with E-state index in [1.54, 1.807) is 0 Å². The van der Waals surface area contributed by atoms with Gasteiger partial charge in [-0.3, -0.25) is 0 Å². The summed E-state index contributed by atoms with van der Waals surface area (Å²) in [6, 6.07) is 42.3. The van der Waals surface area contributed by atoms with Crippen molar-refractivity contribution in [1.29, 1.82) is 0 Å². The Morgan fingerprint density at radius 1 is 0.412 bits per heavy atom. The van der Waals surface area contributed by atoms with Gasteiger partial charge in [-0.25, -0.2) is 0 Å². The fraction of sp³-hybridized carbons (Fsp3) is 0.0625. The summed E-state index contributed by atoms with van der Waals surface area (Å²) in [4.78, 5) is 0. The van der Waals surface area contributed by atoms with E-state index in [0.29, 0.717) is 11.8 Å². The molecule has 0 radical (unpaired) electrons. The normalized spacial score (nSPS) is 10.9. The lowest BCUT2D eigenvalue weighted by Crippen LogP contribution is -2.00. The molecule has 0 aliphatic carbocycles. The van der Waals surface area contributed by atoms with Crippen LogP contribution in [0.3, 0.4) is 0 Å². The molecule has 0 saturated heterocycles. The lowest BCUT2D eigenvalue weighted by atomic mass is 9.83. The summed E-state index contributed by atoms with van der Waals surface area (Å²) in [6.07, 6.45) is 0. The highest BCUT2D eigenvalue weighted by atomic mass is 35.5. The van der Waals surface area contributed by atoms with Crippen LogP contribution < -0.4 is 0 Å². The molecular formula is C32H24Cl2. The number of halogens is 2. The molecule has 0 amide bonds. The summed E-state index contributed by atoms with van der Waals surface area (Å²) in [7, 11) is 0. The molecule has 5 aromatic carbocycles. The minimum atomic E-state index is 0.405. The molecule has 5 aromatic rings. The highest BCUT2D eigenvalue weighted by molar-refractivity contribution is 6.19. The Kier molecular flexibility index (Phi) is 6.81. The first-order chi connectivity index (χ1) is 16.8. The van der Waals surface area contributed by atoms with Crippen molar-refractivity contribution in [3.8, 4) is 44.5 Å². The fourth-order valence-corrected chi connectivity index (χ4v) is 5.10. The van der Waals surface area contributed by atoms with Crippen LogP contribution in [0.2, 0.25) is 0 Å². The number of hydrogen-bond acceptors (Lipinski definition) is 0. The van der Waals surface area contributed by atoms with Crippen LogP contribution in [0.15, 0.2) is 121 Å². The Labute approximate surface area is 211 Å². The predicted octanol–water partition coefficient (Wildman–Crippen LogP) is 9.83. The topological polar surface area (TPSA) is 0 Å². The fourth-order valence-electron chi connectivity index (χ4n) is 4.61. The molecule has 0 nitrogen and oxygen atoms in total. The molecule has 0 aliphatic rings. The minimum Gasteiger partial charge on any atom is -0.122 e. The maximum Gasteiger partial charge on any atom is 0.0486 e. The van der Waals surface area contributed by atoms with E-state index in [4.69, 9.17) is 23.2 Å². The van der Waals surface area contributed by atoms with E-state index in [2.05, 4.69) is 103 Å². The highest BCUT2D eigenvalue weighted by Gasteiger charge is 2.20. The van der Waals surface area contributed by atoms with Gasteiger partial charge in [-0.2, -0.15) is 0 Å². The van der Waals surface area contributed by atoms with Gasteiger partial charge in [0.2, 0.25) is 0 Å². The van der Waals surface area contributed by atoms with Gasteiger partial charge in [0, 0.05) is 11.8 Å². The Morgan fingerprint density at radius 2 is 0.853 bits per heavy atom. The molecule has 0 N–H and O–H groups in total. The number of alkyl halides is 2. The quantitative estimate of drug-likeness (QED) is 0.213. The average Bonchev–Trinajstić information content (AvgIpc) is 2.93. The van der Waals surface area contributed by atoms with Crippen molar-refractivity contribution >= 4 is 23.2 Å². The summed E-state index contributed by atoms with van der Waals surface area (Å²) in [6.45, 7) is 0. The van der Waals surface area contributed by atoms with E-state index in [1.807, 2.05) is 18.2 Å². The van der Waals surface area contributed by atoms with Crippen LogP contribution in [-0.2, 0) is 11.8 Å². The largest absolute Gasteiger partial charge is 0.122 e. The van der Waals surface area contributed by atoms with Gasteiger partial charge in [0.1, 0.15) is 0 Å².